The second-order valence-electron chi connectivity index (χ2n) is 9.04. The van der Waals surface area contributed by atoms with Crippen LogP contribution in [0, 0.1) is 11.3 Å². The normalized spacial score (nSPS) is 14.9. The number of fused-ring (bicyclic) bond motifs is 1. The maximum Gasteiger partial charge on any atom is 0.257 e. The molecular formula is C28H26N6O4. The Labute approximate surface area is 219 Å². The molecule has 3 aromatic heterocycles. The third kappa shape index (κ3) is 4.50. The minimum atomic E-state index is -0.125. The van der Waals surface area contributed by atoms with Gasteiger partial charge < -0.3 is 14.4 Å². The van der Waals surface area contributed by atoms with Gasteiger partial charge in [0.2, 0.25) is 0 Å². The molecule has 10 heteroatoms. The fraction of sp³-hybridized carbons (Fsp3) is 0.250. The molecule has 1 saturated heterocycles. The van der Waals surface area contributed by atoms with E-state index in [2.05, 4.69) is 22.8 Å². The van der Waals surface area contributed by atoms with E-state index in [0.717, 1.165) is 23.1 Å². The van der Waals surface area contributed by atoms with Crippen molar-refractivity contribution in [3.63, 3.8) is 0 Å². The highest BCUT2D eigenvalue weighted by Crippen LogP contribution is 2.32. The van der Waals surface area contributed by atoms with Crippen molar-refractivity contribution in [2.45, 2.75) is 18.9 Å². The molecule has 5 rings (SSSR count). The number of ether oxygens (including phenoxy) is 2. The van der Waals surface area contributed by atoms with Crippen molar-refractivity contribution in [3.8, 4) is 28.7 Å². The van der Waals surface area contributed by atoms with Gasteiger partial charge in [-0.05, 0) is 36.3 Å². The van der Waals surface area contributed by atoms with E-state index < -0.39 is 0 Å². The molecule has 4 aromatic rings. The summed E-state index contributed by atoms with van der Waals surface area (Å²) in [6.07, 6.45) is 9.32. The van der Waals surface area contributed by atoms with Gasteiger partial charge in [-0.15, -0.1) is 0 Å². The zero-order valence-electron chi connectivity index (χ0n) is 21.1. The predicted octanol–water partition coefficient (Wildman–Crippen LogP) is 3.47. The molecule has 0 aliphatic carbocycles. The predicted molar refractivity (Wildman–Crippen MR) is 139 cm³/mol. The summed E-state index contributed by atoms with van der Waals surface area (Å²) in [5, 5.41) is 18.2. The van der Waals surface area contributed by atoms with Crippen molar-refractivity contribution in [3.05, 3.63) is 78.4 Å². The van der Waals surface area contributed by atoms with E-state index in [1.807, 2.05) is 23.1 Å². The number of likely N-dealkylation sites (tertiary alicyclic amines) is 1. The Bertz CT molecular complexity index is 1590. The fourth-order valence-corrected chi connectivity index (χ4v) is 4.77. The fourth-order valence-electron chi connectivity index (χ4n) is 4.77. The maximum atomic E-state index is 13.3. The lowest BCUT2D eigenvalue weighted by atomic mass is 10.0. The average molecular weight is 511 g/mol. The molecule has 1 aliphatic rings. The Kier molecular flexibility index (Phi) is 6.66. The molecule has 10 nitrogen and oxygen atoms in total. The second-order valence-corrected chi connectivity index (χ2v) is 9.04. The Balaban J connectivity index is 1.33. The van der Waals surface area contributed by atoms with E-state index >= 15 is 0 Å². The van der Waals surface area contributed by atoms with Gasteiger partial charge in [0.15, 0.2) is 5.78 Å². The van der Waals surface area contributed by atoms with Gasteiger partial charge in [0.05, 0.1) is 38.2 Å². The summed E-state index contributed by atoms with van der Waals surface area (Å²) >= 11 is 0. The van der Waals surface area contributed by atoms with E-state index in [1.54, 1.807) is 40.9 Å². The van der Waals surface area contributed by atoms with E-state index in [9.17, 15) is 14.9 Å². The highest BCUT2D eigenvalue weighted by molar-refractivity contribution is 5.97. The number of rotatable bonds is 8. The van der Waals surface area contributed by atoms with E-state index in [-0.39, 0.29) is 24.2 Å². The first-order valence-corrected chi connectivity index (χ1v) is 12.1. The highest BCUT2D eigenvalue weighted by Gasteiger charge is 2.30. The lowest BCUT2D eigenvalue weighted by Crippen LogP contribution is -2.29. The van der Waals surface area contributed by atoms with Gasteiger partial charge in [-0.25, -0.2) is 4.52 Å². The maximum absolute atomic E-state index is 13.3. The molecule has 1 fully saturated rings. The second kappa shape index (κ2) is 10.2. The first-order valence-electron chi connectivity index (χ1n) is 12.1. The van der Waals surface area contributed by atoms with Crippen LogP contribution < -0.4 is 9.47 Å². The number of amides is 1. The van der Waals surface area contributed by atoms with Crippen LogP contribution in [0.1, 0.15) is 33.9 Å². The quantitative estimate of drug-likeness (QED) is 0.333. The molecule has 0 saturated carbocycles. The van der Waals surface area contributed by atoms with Crippen molar-refractivity contribution in [1.82, 2.24) is 24.3 Å². The van der Waals surface area contributed by atoms with Crippen LogP contribution in [-0.2, 0) is 11.2 Å². The third-order valence-electron chi connectivity index (χ3n) is 6.78. The Morgan fingerprint density at radius 1 is 1.13 bits per heavy atom. The van der Waals surface area contributed by atoms with Crippen molar-refractivity contribution < 1.29 is 19.1 Å². The van der Waals surface area contributed by atoms with Crippen LogP contribution in [0.15, 0.2) is 61.7 Å². The number of ketones is 1. The van der Waals surface area contributed by atoms with Gasteiger partial charge in [0.1, 0.15) is 28.6 Å². The summed E-state index contributed by atoms with van der Waals surface area (Å²) in [5.41, 5.74) is 4.00. The monoisotopic (exact) mass is 510 g/mol. The molecule has 0 bridgehead atoms. The molecule has 4 heterocycles. The van der Waals surface area contributed by atoms with Crippen molar-refractivity contribution in [1.29, 1.82) is 5.26 Å². The van der Waals surface area contributed by atoms with Crippen molar-refractivity contribution in [2.24, 2.45) is 0 Å². The van der Waals surface area contributed by atoms with E-state index in [1.165, 1.54) is 19.4 Å². The molecule has 1 aliphatic heterocycles. The van der Waals surface area contributed by atoms with Crippen molar-refractivity contribution >= 4 is 17.2 Å². The van der Waals surface area contributed by atoms with Gasteiger partial charge in [0, 0.05) is 43.0 Å². The molecule has 0 N–H and O–H groups in total. The van der Waals surface area contributed by atoms with Crippen LogP contribution >= 0.6 is 0 Å². The van der Waals surface area contributed by atoms with Crippen LogP contribution in [0.4, 0.5) is 0 Å². The molecule has 0 unspecified atom stereocenters. The Morgan fingerprint density at radius 2 is 1.95 bits per heavy atom. The SMILES string of the molecule is C=CC(=O)Cc1ccc(C(=O)N2CC[C@H](n3cc(-c4cc(OC)c5c(C#N)cnn5c4)cn3)C2)c(OC)c1. The number of benzene rings is 1. The van der Waals surface area contributed by atoms with Crippen LogP contribution in [0.2, 0.25) is 0 Å². The number of allylic oxidation sites excluding steroid dienone is 1. The standard InChI is InChI=1S/C28H26N6O4/c1-4-23(35)9-18-5-6-24(25(10-18)37-2)28(36)32-8-7-22(17-32)33-16-21(14-30-33)19-11-26(38-3)27-20(12-29)13-31-34(27)15-19/h4-6,10-11,13-16,22H,1,7-9,17H2,2-3H3/t22-/m0/s1. The molecule has 0 radical (unpaired) electrons. The lowest BCUT2D eigenvalue weighted by molar-refractivity contribution is -0.114. The summed E-state index contributed by atoms with van der Waals surface area (Å²) in [4.78, 5) is 26.8. The number of nitrogens with zero attached hydrogens (tertiary/aromatic N) is 6. The lowest BCUT2D eigenvalue weighted by Gasteiger charge is -2.19. The van der Waals surface area contributed by atoms with Crippen LogP contribution in [0.25, 0.3) is 16.6 Å². The van der Waals surface area contributed by atoms with Crippen LogP contribution in [0.5, 0.6) is 11.5 Å². The number of carbonyl (C=O) groups is 2. The molecule has 38 heavy (non-hydrogen) atoms. The first kappa shape index (κ1) is 24.8. The number of methoxy groups -OCH3 is 2. The number of aromatic nitrogens is 4. The largest absolute Gasteiger partial charge is 0.496 e. The zero-order valence-corrected chi connectivity index (χ0v) is 21.1. The molecule has 1 amide bonds. The zero-order chi connectivity index (χ0) is 26.8. The molecule has 192 valence electrons. The number of nitriles is 1. The molecule has 0 spiro atoms. The smallest absolute Gasteiger partial charge is 0.257 e. The molecular weight excluding hydrogens is 484 g/mol. The summed E-state index contributed by atoms with van der Waals surface area (Å²) < 4.78 is 14.5. The number of hydrogen-bond acceptors (Lipinski definition) is 7. The number of hydrogen-bond donors (Lipinski definition) is 0. The molecule has 1 aromatic carbocycles. The minimum absolute atomic E-state index is 0.0173. The number of pyridine rings is 1. The highest BCUT2D eigenvalue weighted by atomic mass is 16.5. The van der Waals surface area contributed by atoms with E-state index in [0.29, 0.717) is 41.2 Å². The summed E-state index contributed by atoms with van der Waals surface area (Å²) in [6.45, 7) is 4.60. The van der Waals surface area contributed by atoms with Crippen LogP contribution in [0.3, 0.4) is 0 Å². The van der Waals surface area contributed by atoms with Crippen molar-refractivity contribution in [2.75, 3.05) is 27.3 Å². The third-order valence-corrected chi connectivity index (χ3v) is 6.78. The Hall–Kier alpha value is -4.91. The average Bonchev–Trinajstić information content (AvgIpc) is 3.71. The van der Waals surface area contributed by atoms with E-state index in [4.69, 9.17) is 9.47 Å². The minimum Gasteiger partial charge on any atom is -0.496 e. The first-order chi connectivity index (χ1) is 18.4. The van der Waals surface area contributed by atoms with Gasteiger partial charge in [-0.1, -0.05) is 12.6 Å². The van der Waals surface area contributed by atoms with Crippen LogP contribution in [-0.4, -0.2) is 63.3 Å². The summed E-state index contributed by atoms with van der Waals surface area (Å²) in [7, 11) is 3.07. The van der Waals surface area contributed by atoms with Gasteiger partial charge in [0.25, 0.3) is 5.91 Å². The van der Waals surface area contributed by atoms with Gasteiger partial charge in [-0.3, -0.25) is 14.3 Å². The molecule has 1 atom stereocenters. The summed E-state index contributed by atoms with van der Waals surface area (Å²) in [5.74, 6) is 0.773. The van der Waals surface area contributed by atoms with Gasteiger partial charge >= 0.3 is 0 Å². The summed E-state index contributed by atoms with van der Waals surface area (Å²) in [6, 6.07) is 9.23. The van der Waals surface area contributed by atoms with Gasteiger partial charge in [-0.2, -0.15) is 15.5 Å². The Morgan fingerprint density at radius 3 is 2.68 bits per heavy atom. The number of carbonyl (C=O) groups excluding carboxylic acids is 2. The topological polar surface area (TPSA) is 115 Å².